The fraction of sp³-hybridized carbons (Fsp3) is 0.640. The van der Waals surface area contributed by atoms with Gasteiger partial charge in [-0.1, -0.05) is 53.7 Å². The van der Waals surface area contributed by atoms with E-state index in [1.54, 1.807) is 6.92 Å². The number of carbonyl (C=O) groups is 2. The fourth-order valence-corrected chi connectivity index (χ4v) is 3.41. The normalized spacial score (nSPS) is 15.2. The first-order valence-electron chi connectivity index (χ1n) is 11.4. The van der Waals surface area contributed by atoms with Crippen LogP contribution >= 0.6 is 0 Å². The Morgan fingerprint density at radius 3 is 2.26 bits per heavy atom. The Labute approximate surface area is 187 Å². The summed E-state index contributed by atoms with van der Waals surface area (Å²) in [5, 5.41) is 0. The summed E-state index contributed by atoms with van der Waals surface area (Å²) in [4.78, 5) is 29.4. The summed E-state index contributed by atoms with van der Waals surface area (Å²) in [6.07, 6.45) is 2.63. The number of amides is 3. The summed E-state index contributed by atoms with van der Waals surface area (Å²) in [6.45, 7) is 16.3. The van der Waals surface area contributed by atoms with Gasteiger partial charge in [-0.05, 0) is 48.6 Å². The number of aliphatic imine (C=N–C) groups is 1. The van der Waals surface area contributed by atoms with Gasteiger partial charge < -0.3 is 9.47 Å². The molecule has 172 valence electrons. The molecule has 1 aromatic carbocycles. The molecule has 1 heterocycles. The lowest BCUT2D eigenvalue weighted by atomic mass is 9.76. The van der Waals surface area contributed by atoms with Crippen LogP contribution in [0.25, 0.3) is 0 Å². The van der Waals surface area contributed by atoms with Gasteiger partial charge in [-0.15, -0.1) is 0 Å². The van der Waals surface area contributed by atoms with Crippen LogP contribution in [0.5, 0.6) is 5.75 Å². The van der Waals surface area contributed by atoms with Gasteiger partial charge in [0.1, 0.15) is 12.2 Å². The molecular weight excluding hydrogens is 392 g/mol. The molecule has 0 fully saturated rings. The number of urea groups is 1. The van der Waals surface area contributed by atoms with Crippen molar-refractivity contribution in [2.45, 2.75) is 85.0 Å². The molecule has 1 aromatic rings. The van der Waals surface area contributed by atoms with E-state index in [9.17, 15) is 9.59 Å². The molecule has 0 radical (unpaired) electrons. The summed E-state index contributed by atoms with van der Waals surface area (Å²) in [5.74, 6) is 0.796. The number of carbonyl (C=O) groups excluding carboxylic acids is 2. The van der Waals surface area contributed by atoms with Crippen molar-refractivity contribution >= 4 is 17.8 Å². The minimum Gasteiger partial charge on any atom is -0.493 e. The van der Waals surface area contributed by atoms with E-state index in [0.29, 0.717) is 19.6 Å². The molecule has 0 unspecified atom stereocenters. The lowest BCUT2D eigenvalue weighted by Gasteiger charge is -2.30. The van der Waals surface area contributed by atoms with Gasteiger partial charge in [-0.25, -0.2) is 4.79 Å². The number of benzene rings is 1. The van der Waals surface area contributed by atoms with E-state index in [1.807, 2.05) is 0 Å². The molecule has 0 bridgehead atoms. The molecule has 0 saturated carbocycles. The van der Waals surface area contributed by atoms with Crippen LogP contribution < -0.4 is 4.74 Å². The molecular formula is C25H38N2O4. The average molecular weight is 431 g/mol. The van der Waals surface area contributed by atoms with Gasteiger partial charge in [-0.2, -0.15) is 4.99 Å². The van der Waals surface area contributed by atoms with Crippen molar-refractivity contribution in [2.24, 2.45) is 4.99 Å². The molecule has 0 atom stereocenters. The molecule has 31 heavy (non-hydrogen) atoms. The maximum Gasteiger partial charge on any atom is 0.353 e. The molecule has 0 saturated heterocycles. The second-order valence-electron chi connectivity index (χ2n) is 9.33. The highest BCUT2D eigenvalue weighted by atomic mass is 16.5. The largest absolute Gasteiger partial charge is 0.493 e. The lowest BCUT2D eigenvalue weighted by Crippen LogP contribution is -2.41. The van der Waals surface area contributed by atoms with Gasteiger partial charge in [0.25, 0.3) is 0 Å². The summed E-state index contributed by atoms with van der Waals surface area (Å²) < 4.78 is 11.3. The van der Waals surface area contributed by atoms with Gasteiger partial charge in [0.15, 0.2) is 0 Å². The van der Waals surface area contributed by atoms with Crippen molar-refractivity contribution in [1.82, 2.24) is 4.90 Å². The molecule has 2 rings (SSSR count). The van der Waals surface area contributed by atoms with Gasteiger partial charge in [-0.3, -0.25) is 9.69 Å². The van der Waals surface area contributed by atoms with Crippen LogP contribution in [0.1, 0.15) is 85.3 Å². The average Bonchev–Trinajstić information content (AvgIpc) is 2.72. The smallest absolute Gasteiger partial charge is 0.353 e. The van der Waals surface area contributed by atoms with Crippen molar-refractivity contribution in [3.63, 3.8) is 0 Å². The Morgan fingerprint density at radius 2 is 1.68 bits per heavy atom. The SMILES string of the molecule is CCOC1=NC(=O)N(CCCOc2ccc(C(C)(C)CC)cc2C(C)(C)CC)C(=O)C1. The predicted octanol–water partition coefficient (Wildman–Crippen LogP) is 5.62. The lowest BCUT2D eigenvalue weighted by molar-refractivity contribution is -0.127. The molecule has 1 aliphatic rings. The van der Waals surface area contributed by atoms with Gasteiger partial charge in [0.05, 0.1) is 13.2 Å². The Hall–Kier alpha value is -2.37. The van der Waals surface area contributed by atoms with E-state index >= 15 is 0 Å². The summed E-state index contributed by atoms with van der Waals surface area (Å²) in [5.41, 5.74) is 2.60. The monoisotopic (exact) mass is 430 g/mol. The Balaban J connectivity index is 2.07. The van der Waals surface area contributed by atoms with Gasteiger partial charge >= 0.3 is 6.03 Å². The number of hydrogen-bond donors (Lipinski definition) is 0. The third-order valence-electron chi connectivity index (χ3n) is 6.41. The maximum atomic E-state index is 12.2. The number of imide groups is 1. The molecule has 0 aliphatic carbocycles. The van der Waals surface area contributed by atoms with Crippen molar-refractivity contribution in [2.75, 3.05) is 19.8 Å². The molecule has 6 heteroatoms. The van der Waals surface area contributed by atoms with Crippen molar-refractivity contribution in [3.05, 3.63) is 29.3 Å². The first-order valence-corrected chi connectivity index (χ1v) is 11.4. The zero-order valence-corrected chi connectivity index (χ0v) is 20.2. The fourth-order valence-electron chi connectivity index (χ4n) is 3.41. The Kier molecular flexibility index (Phi) is 8.27. The van der Waals surface area contributed by atoms with Crippen LogP contribution in [0.15, 0.2) is 23.2 Å². The van der Waals surface area contributed by atoms with E-state index < -0.39 is 6.03 Å². The van der Waals surface area contributed by atoms with Crippen LogP contribution in [0.3, 0.4) is 0 Å². The van der Waals surface area contributed by atoms with Crippen LogP contribution in [-0.2, 0) is 20.4 Å². The van der Waals surface area contributed by atoms with Crippen molar-refractivity contribution in [3.8, 4) is 5.75 Å². The quantitative estimate of drug-likeness (QED) is 0.452. The molecule has 0 spiro atoms. The summed E-state index contributed by atoms with van der Waals surface area (Å²) in [6, 6.07) is 5.94. The molecule has 6 nitrogen and oxygen atoms in total. The molecule has 3 amide bonds. The molecule has 0 aromatic heterocycles. The number of nitrogens with zero attached hydrogens (tertiary/aromatic N) is 2. The summed E-state index contributed by atoms with van der Waals surface area (Å²) >= 11 is 0. The standard InChI is InChI=1S/C25H38N2O4/c1-8-24(4,5)18-12-13-20(19(16-18)25(6,7)9-2)31-15-11-14-27-22(28)17-21(30-10-3)26-23(27)29/h12-13,16H,8-11,14-15,17H2,1-7H3. The van der Waals surface area contributed by atoms with Gasteiger partial charge in [0.2, 0.25) is 11.8 Å². The second-order valence-corrected chi connectivity index (χ2v) is 9.33. The highest BCUT2D eigenvalue weighted by Gasteiger charge is 2.29. The van der Waals surface area contributed by atoms with E-state index in [2.05, 4.69) is 64.7 Å². The molecule has 0 N–H and O–H groups in total. The maximum absolute atomic E-state index is 12.2. The van der Waals surface area contributed by atoms with Crippen molar-refractivity contribution < 1.29 is 19.1 Å². The van der Waals surface area contributed by atoms with Crippen LogP contribution in [0.2, 0.25) is 0 Å². The van der Waals surface area contributed by atoms with Crippen LogP contribution in [-0.4, -0.2) is 42.5 Å². The minimum atomic E-state index is -0.557. The zero-order chi connectivity index (χ0) is 23.2. The van der Waals surface area contributed by atoms with Gasteiger partial charge in [0, 0.05) is 12.1 Å². The first kappa shape index (κ1) is 24.9. The first-order chi connectivity index (χ1) is 14.6. The van der Waals surface area contributed by atoms with Crippen molar-refractivity contribution in [1.29, 1.82) is 0 Å². The third kappa shape index (κ3) is 6.08. The topological polar surface area (TPSA) is 68.2 Å². The number of hydrogen-bond acceptors (Lipinski definition) is 4. The van der Waals surface area contributed by atoms with Crippen LogP contribution in [0.4, 0.5) is 4.79 Å². The van der Waals surface area contributed by atoms with E-state index in [1.165, 1.54) is 16.0 Å². The Bertz CT molecular complexity index is 827. The minimum absolute atomic E-state index is 0.0155. The zero-order valence-electron chi connectivity index (χ0n) is 20.2. The van der Waals surface area contributed by atoms with E-state index in [0.717, 1.165) is 18.6 Å². The summed E-state index contributed by atoms with van der Waals surface area (Å²) in [7, 11) is 0. The van der Waals surface area contributed by atoms with Crippen LogP contribution in [0, 0.1) is 0 Å². The highest BCUT2D eigenvalue weighted by molar-refractivity contribution is 6.11. The predicted molar refractivity (Wildman–Crippen MR) is 124 cm³/mol. The van der Waals surface area contributed by atoms with E-state index in [-0.39, 0.29) is 35.6 Å². The second kappa shape index (κ2) is 10.3. The Morgan fingerprint density at radius 1 is 1.00 bits per heavy atom. The number of ether oxygens (including phenoxy) is 2. The third-order valence-corrected chi connectivity index (χ3v) is 6.41. The highest BCUT2D eigenvalue weighted by Crippen LogP contribution is 2.38. The molecule has 1 aliphatic heterocycles. The number of rotatable bonds is 10. The van der Waals surface area contributed by atoms with E-state index in [4.69, 9.17) is 9.47 Å².